The third-order valence-electron chi connectivity index (χ3n) is 4.84. The first kappa shape index (κ1) is 19.6. The second-order valence-electron chi connectivity index (χ2n) is 6.52. The maximum absolute atomic E-state index is 12.7. The Morgan fingerprint density at radius 2 is 2.00 bits per heavy atom. The van der Waals surface area contributed by atoms with E-state index in [1.807, 2.05) is 18.2 Å². The Labute approximate surface area is 175 Å². The highest BCUT2D eigenvalue weighted by atomic mass is 32.1. The zero-order chi connectivity index (χ0) is 21.3. The summed E-state index contributed by atoms with van der Waals surface area (Å²) < 4.78 is 10.7. The van der Waals surface area contributed by atoms with E-state index in [4.69, 9.17) is 9.68 Å². The number of hydrogen-bond acceptors (Lipinski definition) is 8. The lowest BCUT2D eigenvalue weighted by atomic mass is 10.1. The van der Waals surface area contributed by atoms with Crippen LogP contribution in [0.4, 0.5) is 5.69 Å². The molecule has 0 N–H and O–H groups in total. The Morgan fingerprint density at radius 3 is 2.73 bits per heavy atom. The average molecular weight is 419 g/mol. The summed E-state index contributed by atoms with van der Waals surface area (Å²) in [5.74, 6) is -0.733. The van der Waals surface area contributed by atoms with Crippen molar-refractivity contribution in [3.05, 3.63) is 58.4 Å². The van der Waals surface area contributed by atoms with Gasteiger partial charge in [-0.1, -0.05) is 0 Å². The van der Waals surface area contributed by atoms with Crippen molar-refractivity contribution in [3.63, 3.8) is 0 Å². The predicted octanol–water partition coefficient (Wildman–Crippen LogP) is 4.55. The predicted molar refractivity (Wildman–Crippen MR) is 116 cm³/mol. The van der Waals surface area contributed by atoms with Crippen LogP contribution >= 0.6 is 11.3 Å². The molecule has 0 aliphatic carbocycles. The number of carbonyl (C=O) groups is 1. The van der Waals surface area contributed by atoms with E-state index in [0.717, 1.165) is 24.2 Å². The molecule has 2 aromatic carbocycles. The number of ether oxygens (including phenoxy) is 1. The Kier molecular flexibility index (Phi) is 5.21. The fourth-order valence-corrected chi connectivity index (χ4v) is 4.31. The number of thiazole rings is 1. The van der Waals surface area contributed by atoms with Gasteiger partial charge in [0.1, 0.15) is 10.6 Å². The van der Waals surface area contributed by atoms with Crippen LogP contribution in [-0.4, -0.2) is 24.0 Å². The molecule has 0 bridgehead atoms. The summed E-state index contributed by atoms with van der Waals surface area (Å²) in [5, 5.41) is 9.81. The minimum atomic E-state index is -0.733. The second-order valence-corrected chi connectivity index (χ2v) is 7.55. The van der Waals surface area contributed by atoms with Crippen LogP contribution in [0, 0.1) is 11.5 Å². The van der Waals surface area contributed by atoms with Crippen LogP contribution in [0.25, 0.3) is 31.8 Å². The van der Waals surface area contributed by atoms with Gasteiger partial charge < -0.3 is 14.1 Å². The van der Waals surface area contributed by atoms with Gasteiger partial charge in [0, 0.05) is 30.2 Å². The van der Waals surface area contributed by atoms with Crippen molar-refractivity contribution in [2.45, 2.75) is 13.8 Å². The van der Waals surface area contributed by atoms with Gasteiger partial charge >= 0.3 is 11.6 Å². The average Bonchev–Trinajstić information content (AvgIpc) is 3.17. The maximum Gasteiger partial charge on any atom is 0.353 e. The third kappa shape index (κ3) is 3.51. The molecular formula is C22H17N3O4S. The van der Waals surface area contributed by atoms with Crippen LogP contribution in [0.3, 0.4) is 0 Å². The number of fused-ring (bicyclic) bond motifs is 2. The van der Waals surface area contributed by atoms with Crippen molar-refractivity contribution in [3.8, 4) is 16.8 Å². The molecule has 150 valence electrons. The Balaban J connectivity index is 1.77. The number of nitriles is 1. The van der Waals surface area contributed by atoms with Crippen molar-refractivity contribution >= 4 is 44.2 Å². The fraction of sp³-hybridized carbons (Fsp3) is 0.182. The van der Waals surface area contributed by atoms with E-state index in [-0.39, 0.29) is 5.56 Å². The highest BCUT2D eigenvalue weighted by Crippen LogP contribution is 2.31. The lowest BCUT2D eigenvalue weighted by molar-refractivity contribution is 0.0685. The van der Waals surface area contributed by atoms with Gasteiger partial charge in [-0.15, -0.1) is 16.6 Å². The number of nitrogens with zero attached hydrogens (tertiary/aromatic N) is 3. The van der Waals surface area contributed by atoms with Crippen LogP contribution < -0.4 is 10.5 Å². The number of anilines is 1. The maximum atomic E-state index is 12.7. The summed E-state index contributed by atoms with van der Waals surface area (Å²) in [6, 6.07) is 12.4. The van der Waals surface area contributed by atoms with E-state index < -0.39 is 11.6 Å². The van der Waals surface area contributed by atoms with Gasteiger partial charge in [0.25, 0.3) is 6.26 Å². The largest absolute Gasteiger partial charge is 0.422 e. The first-order valence-electron chi connectivity index (χ1n) is 9.38. The normalized spacial score (nSPS) is 10.8. The van der Waals surface area contributed by atoms with Crippen LogP contribution in [0.2, 0.25) is 0 Å². The molecule has 0 saturated carbocycles. The summed E-state index contributed by atoms with van der Waals surface area (Å²) in [4.78, 5) is 31.1. The van der Waals surface area contributed by atoms with E-state index in [1.54, 1.807) is 18.2 Å². The monoisotopic (exact) mass is 419 g/mol. The van der Waals surface area contributed by atoms with Gasteiger partial charge in [-0.2, -0.15) is 0 Å². The number of hydrogen-bond donors (Lipinski definition) is 0. The van der Waals surface area contributed by atoms with Gasteiger partial charge in [0.2, 0.25) is 0 Å². The second kappa shape index (κ2) is 7.97. The molecule has 2 aromatic heterocycles. The summed E-state index contributed by atoms with van der Waals surface area (Å²) in [6.45, 7) is 5.87. The molecule has 0 aliphatic heterocycles. The SMILES string of the molecule is CCN(CC)c1ccc2cc(-c3nc4ccc(C(=O)OC#N)cc4s3)c(=O)oc2c1. The number of benzene rings is 2. The van der Waals surface area contributed by atoms with Crippen molar-refractivity contribution < 1.29 is 13.9 Å². The van der Waals surface area contributed by atoms with Gasteiger partial charge in [-0.3, -0.25) is 0 Å². The van der Waals surface area contributed by atoms with Crippen molar-refractivity contribution in [1.29, 1.82) is 5.26 Å². The number of esters is 1. The first-order valence-corrected chi connectivity index (χ1v) is 10.2. The molecule has 30 heavy (non-hydrogen) atoms. The topological polar surface area (TPSA) is 96.4 Å². The standard InChI is InChI=1S/C22H17N3O4S/c1-3-25(4-2)15-7-5-13-9-16(22(27)29-18(13)11-15)20-24-17-8-6-14(10-19(17)30-20)21(26)28-12-23/h5-11H,3-4H2,1-2H3. The molecule has 0 unspecified atom stereocenters. The van der Waals surface area contributed by atoms with Crippen LogP contribution in [0.15, 0.2) is 51.7 Å². The van der Waals surface area contributed by atoms with Crippen molar-refractivity contribution in [2.75, 3.05) is 18.0 Å². The summed E-state index contributed by atoms with van der Waals surface area (Å²) >= 11 is 1.27. The van der Waals surface area contributed by atoms with E-state index in [0.29, 0.717) is 26.4 Å². The number of rotatable bonds is 5. The zero-order valence-electron chi connectivity index (χ0n) is 16.3. The minimum Gasteiger partial charge on any atom is -0.422 e. The van der Waals surface area contributed by atoms with E-state index in [9.17, 15) is 9.59 Å². The molecule has 8 heteroatoms. The number of aromatic nitrogens is 1. The molecule has 0 atom stereocenters. The molecule has 0 saturated heterocycles. The third-order valence-corrected chi connectivity index (χ3v) is 5.89. The Morgan fingerprint density at radius 1 is 1.20 bits per heavy atom. The van der Waals surface area contributed by atoms with E-state index >= 15 is 0 Å². The van der Waals surface area contributed by atoms with E-state index in [1.165, 1.54) is 23.7 Å². The van der Waals surface area contributed by atoms with Crippen molar-refractivity contribution in [2.24, 2.45) is 0 Å². The summed E-state index contributed by atoms with van der Waals surface area (Å²) in [7, 11) is 0. The quantitative estimate of drug-likeness (QED) is 0.266. The van der Waals surface area contributed by atoms with E-state index in [2.05, 4.69) is 28.5 Å². The fourth-order valence-electron chi connectivity index (χ4n) is 3.30. The molecule has 7 nitrogen and oxygen atoms in total. The number of carbonyl (C=O) groups excluding carboxylic acids is 1. The lowest BCUT2D eigenvalue weighted by Gasteiger charge is -2.20. The molecule has 2 heterocycles. The molecule has 0 fully saturated rings. The Hall–Kier alpha value is -3.70. The first-order chi connectivity index (χ1) is 14.5. The molecule has 0 radical (unpaired) electrons. The minimum absolute atomic E-state index is 0.244. The summed E-state index contributed by atoms with van der Waals surface area (Å²) in [6.07, 6.45) is 1.37. The van der Waals surface area contributed by atoms with Gasteiger partial charge in [-0.05, 0) is 50.2 Å². The van der Waals surface area contributed by atoms with Gasteiger partial charge in [0.05, 0.1) is 21.3 Å². The molecule has 4 aromatic rings. The van der Waals surface area contributed by atoms with Crippen LogP contribution in [-0.2, 0) is 4.74 Å². The molecule has 0 aliphatic rings. The van der Waals surface area contributed by atoms with Gasteiger partial charge in [0.15, 0.2) is 0 Å². The van der Waals surface area contributed by atoms with Crippen molar-refractivity contribution in [1.82, 2.24) is 4.98 Å². The van der Waals surface area contributed by atoms with Gasteiger partial charge in [-0.25, -0.2) is 14.6 Å². The molecule has 0 spiro atoms. The zero-order valence-corrected chi connectivity index (χ0v) is 17.2. The Bertz CT molecular complexity index is 1360. The highest BCUT2D eigenvalue weighted by Gasteiger charge is 2.16. The molecule has 0 amide bonds. The molecular weight excluding hydrogens is 402 g/mol. The van der Waals surface area contributed by atoms with Crippen LogP contribution in [0.1, 0.15) is 24.2 Å². The lowest BCUT2D eigenvalue weighted by Crippen LogP contribution is -2.21. The molecule has 4 rings (SSSR count). The van der Waals surface area contributed by atoms with Crippen LogP contribution in [0.5, 0.6) is 0 Å². The highest BCUT2D eigenvalue weighted by molar-refractivity contribution is 7.21. The smallest absolute Gasteiger partial charge is 0.353 e. The summed E-state index contributed by atoms with van der Waals surface area (Å²) in [5.41, 5.74) is 2.30.